The Kier molecular flexibility index (Phi) is 6.12. The highest BCUT2D eigenvalue weighted by atomic mass is 16.5. The van der Waals surface area contributed by atoms with E-state index in [1.165, 1.54) is 0 Å². The molecule has 6 heteroatoms. The number of hydrogen-bond acceptors (Lipinski definition) is 4. The summed E-state index contributed by atoms with van der Waals surface area (Å²) in [5, 5.41) is 13.4. The molecule has 1 heterocycles. The highest BCUT2D eigenvalue weighted by molar-refractivity contribution is 6.00. The van der Waals surface area contributed by atoms with E-state index in [1.807, 2.05) is 97.1 Å². The Labute approximate surface area is 196 Å². The number of carbonyl (C=O) groups excluding carboxylic acids is 1. The van der Waals surface area contributed by atoms with Crippen LogP contribution in [-0.2, 0) is 6.61 Å². The molecule has 0 saturated carbocycles. The first-order valence-corrected chi connectivity index (χ1v) is 10.9. The number of hydrazone groups is 1. The molecule has 0 spiro atoms. The molecule has 0 saturated heterocycles. The first-order valence-electron chi connectivity index (χ1n) is 10.9. The number of aromatic amines is 1. The Balaban J connectivity index is 1.24. The Morgan fingerprint density at radius 1 is 0.912 bits per heavy atom. The summed E-state index contributed by atoms with van der Waals surface area (Å²) in [5.41, 5.74) is 6.40. The van der Waals surface area contributed by atoms with E-state index in [0.29, 0.717) is 18.0 Å². The molecule has 166 valence electrons. The minimum atomic E-state index is -0.369. The van der Waals surface area contributed by atoms with Crippen LogP contribution in [0, 0.1) is 0 Å². The van der Waals surface area contributed by atoms with Crippen LogP contribution in [0.25, 0.3) is 22.0 Å². The quantitative estimate of drug-likeness (QED) is 0.253. The fourth-order valence-corrected chi connectivity index (χ4v) is 3.66. The van der Waals surface area contributed by atoms with Gasteiger partial charge in [0.2, 0.25) is 0 Å². The van der Waals surface area contributed by atoms with Crippen molar-refractivity contribution in [2.24, 2.45) is 5.10 Å². The highest BCUT2D eigenvalue weighted by Gasteiger charge is 2.11. The van der Waals surface area contributed by atoms with Gasteiger partial charge in [-0.25, -0.2) is 5.43 Å². The summed E-state index contributed by atoms with van der Waals surface area (Å²) in [7, 11) is 0. The number of nitrogens with zero attached hydrogens (tertiary/aromatic N) is 2. The molecule has 6 nitrogen and oxygen atoms in total. The minimum absolute atomic E-state index is 0.320. The van der Waals surface area contributed by atoms with E-state index in [0.717, 1.165) is 33.2 Å². The molecule has 5 aromatic rings. The second-order valence-electron chi connectivity index (χ2n) is 7.74. The van der Waals surface area contributed by atoms with Gasteiger partial charge in [0.15, 0.2) is 0 Å². The zero-order valence-electron chi connectivity index (χ0n) is 18.3. The summed E-state index contributed by atoms with van der Waals surface area (Å²) in [4.78, 5) is 12.5. The van der Waals surface area contributed by atoms with Gasteiger partial charge in [-0.15, -0.1) is 0 Å². The van der Waals surface area contributed by atoms with Crippen LogP contribution in [0.5, 0.6) is 5.75 Å². The summed E-state index contributed by atoms with van der Waals surface area (Å²) in [6.07, 6.45) is 1.64. The topological polar surface area (TPSA) is 79.4 Å². The van der Waals surface area contributed by atoms with E-state index in [9.17, 15) is 4.79 Å². The second kappa shape index (κ2) is 9.83. The molecule has 0 unspecified atom stereocenters. The van der Waals surface area contributed by atoms with Crippen molar-refractivity contribution in [3.63, 3.8) is 0 Å². The van der Waals surface area contributed by atoms with Crippen LogP contribution in [0.3, 0.4) is 0 Å². The van der Waals surface area contributed by atoms with Crippen LogP contribution < -0.4 is 10.2 Å². The monoisotopic (exact) mass is 446 g/mol. The standard InChI is InChI=1S/C28H22N4O2/c33-28(32-29-18-23-13-6-11-21-10-4-5-15-25(21)23)27-17-26(30-31-27)22-12-7-14-24(16-22)34-19-20-8-2-1-3-9-20/h1-18H,19H2,(H,30,31)(H,32,33). The van der Waals surface area contributed by atoms with Crippen molar-refractivity contribution >= 4 is 22.9 Å². The minimum Gasteiger partial charge on any atom is -0.489 e. The molecule has 1 aromatic heterocycles. The number of benzene rings is 4. The van der Waals surface area contributed by atoms with E-state index < -0.39 is 0 Å². The van der Waals surface area contributed by atoms with E-state index >= 15 is 0 Å². The van der Waals surface area contributed by atoms with E-state index in [4.69, 9.17) is 4.74 Å². The zero-order valence-corrected chi connectivity index (χ0v) is 18.3. The molecule has 4 aromatic carbocycles. The molecule has 0 radical (unpaired) electrons. The largest absolute Gasteiger partial charge is 0.489 e. The van der Waals surface area contributed by atoms with Gasteiger partial charge in [0.05, 0.1) is 11.9 Å². The van der Waals surface area contributed by atoms with E-state index in [2.05, 4.69) is 20.7 Å². The molecule has 0 fully saturated rings. The second-order valence-corrected chi connectivity index (χ2v) is 7.74. The van der Waals surface area contributed by atoms with Crippen LogP contribution in [0.15, 0.2) is 108 Å². The van der Waals surface area contributed by atoms with Gasteiger partial charge in [0.1, 0.15) is 18.1 Å². The van der Waals surface area contributed by atoms with Gasteiger partial charge in [-0.2, -0.15) is 10.2 Å². The fourth-order valence-electron chi connectivity index (χ4n) is 3.66. The number of nitrogens with one attached hydrogen (secondary N) is 2. The molecule has 0 bridgehead atoms. The normalized spacial score (nSPS) is 11.1. The SMILES string of the molecule is O=C(NN=Cc1cccc2ccccc12)c1cc(-c2cccc(OCc3ccccc3)c2)n[nH]1. The first-order chi connectivity index (χ1) is 16.8. The summed E-state index contributed by atoms with van der Waals surface area (Å²) < 4.78 is 5.90. The molecule has 0 atom stereocenters. The summed E-state index contributed by atoms with van der Waals surface area (Å²) in [6, 6.07) is 33.3. The summed E-state index contributed by atoms with van der Waals surface area (Å²) in [5.74, 6) is 0.363. The average molecular weight is 447 g/mol. The lowest BCUT2D eigenvalue weighted by atomic mass is 10.1. The number of H-pyrrole nitrogens is 1. The number of hydrogen-bond donors (Lipinski definition) is 2. The number of carbonyl (C=O) groups is 1. The van der Waals surface area contributed by atoms with Crippen LogP contribution in [0.4, 0.5) is 0 Å². The number of aromatic nitrogens is 2. The predicted molar refractivity (Wildman–Crippen MR) is 134 cm³/mol. The van der Waals surface area contributed by atoms with Gasteiger partial charge < -0.3 is 4.74 Å². The van der Waals surface area contributed by atoms with E-state index in [-0.39, 0.29) is 5.91 Å². The molecule has 0 aliphatic heterocycles. The van der Waals surface area contributed by atoms with Crippen molar-refractivity contribution < 1.29 is 9.53 Å². The molecule has 0 aliphatic rings. The number of rotatable bonds is 7. The molecular formula is C28H22N4O2. The van der Waals surface area contributed by atoms with Gasteiger partial charge >= 0.3 is 0 Å². The van der Waals surface area contributed by atoms with Crippen LogP contribution in [0.2, 0.25) is 0 Å². The lowest BCUT2D eigenvalue weighted by molar-refractivity contribution is 0.0950. The first kappa shape index (κ1) is 21.2. The van der Waals surface area contributed by atoms with Gasteiger partial charge in [-0.1, -0.05) is 84.9 Å². The molecule has 0 aliphatic carbocycles. The average Bonchev–Trinajstić information content (AvgIpc) is 3.39. The Morgan fingerprint density at radius 3 is 2.62 bits per heavy atom. The Morgan fingerprint density at radius 2 is 1.71 bits per heavy atom. The van der Waals surface area contributed by atoms with Crippen molar-refractivity contribution in [2.45, 2.75) is 6.61 Å². The maximum absolute atomic E-state index is 12.5. The Hall–Kier alpha value is -4.71. The molecular weight excluding hydrogens is 424 g/mol. The van der Waals surface area contributed by atoms with Gasteiger partial charge in [0, 0.05) is 11.1 Å². The van der Waals surface area contributed by atoms with Gasteiger partial charge in [0.25, 0.3) is 5.91 Å². The van der Waals surface area contributed by atoms with Crippen LogP contribution >= 0.6 is 0 Å². The lowest BCUT2D eigenvalue weighted by Gasteiger charge is -2.07. The fraction of sp³-hybridized carbons (Fsp3) is 0.0357. The van der Waals surface area contributed by atoms with Gasteiger partial charge in [-0.3, -0.25) is 9.89 Å². The maximum Gasteiger partial charge on any atom is 0.289 e. The van der Waals surface area contributed by atoms with Gasteiger partial charge in [-0.05, 0) is 34.5 Å². The van der Waals surface area contributed by atoms with Crippen molar-refractivity contribution in [3.8, 4) is 17.0 Å². The highest BCUT2D eigenvalue weighted by Crippen LogP contribution is 2.23. The molecule has 2 N–H and O–H groups in total. The summed E-state index contributed by atoms with van der Waals surface area (Å²) >= 11 is 0. The smallest absolute Gasteiger partial charge is 0.289 e. The predicted octanol–water partition coefficient (Wildman–Crippen LogP) is 5.57. The molecule has 34 heavy (non-hydrogen) atoms. The lowest BCUT2D eigenvalue weighted by Crippen LogP contribution is -2.18. The third-order valence-electron chi connectivity index (χ3n) is 5.39. The van der Waals surface area contributed by atoms with Crippen molar-refractivity contribution in [1.29, 1.82) is 0 Å². The third kappa shape index (κ3) is 4.86. The third-order valence-corrected chi connectivity index (χ3v) is 5.39. The van der Waals surface area contributed by atoms with Crippen molar-refractivity contribution in [3.05, 3.63) is 120 Å². The Bertz CT molecular complexity index is 1450. The molecule has 5 rings (SSSR count). The van der Waals surface area contributed by atoms with Crippen molar-refractivity contribution in [1.82, 2.24) is 15.6 Å². The number of ether oxygens (including phenoxy) is 1. The summed E-state index contributed by atoms with van der Waals surface area (Å²) in [6.45, 7) is 0.479. The van der Waals surface area contributed by atoms with Crippen LogP contribution in [-0.4, -0.2) is 22.3 Å². The zero-order chi connectivity index (χ0) is 23.2. The molecule has 1 amide bonds. The van der Waals surface area contributed by atoms with Crippen LogP contribution in [0.1, 0.15) is 21.6 Å². The van der Waals surface area contributed by atoms with E-state index in [1.54, 1.807) is 12.3 Å². The maximum atomic E-state index is 12.5. The number of amides is 1. The number of fused-ring (bicyclic) bond motifs is 1. The van der Waals surface area contributed by atoms with Crippen molar-refractivity contribution in [2.75, 3.05) is 0 Å².